The van der Waals surface area contributed by atoms with Crippen LogP contribution in [0.3, 0.4) is 0 Å². The van der Waals surface area contributed by atoms with Gasteiger partial charge in [-0.25, -0.2) is 8.78 Å². The smallest absolute Gasteiger partial charge is 0.251 e. The van der Waals surface area contributed by atoms with Gasteiger partial charge in [-0.3, -0.25) is 4.90 Å². The Morgan fingerprint density at radius 1 is 1.33 bits per heavy atom. The summed E-state index contributed by atoms with van der Waals surface area (Å²) in [7, 11) is 0. The molecule has 1 aliphatic heterocycles. The van der Waals surface area contributed by atoms with Crippen molar-refractivity contribution in [1.29, 1.82) is 0 Å². The average molecular weight is 220 g/mol. The second-order valence-electron chi connectivity index (χ2n) is 4.60. The standard InChI is InChI=1S/C11H22F2N2/c1-9(2)14-7-10-5-3-4-6-15(10)8-11(12)13/h9-11,14H,3-8H2,1-2H3. The molecule has 90 valence electrons. The molecule has 1 aliphatic rings. The van der Waals surface area contributed by atoms with Crippen LogP contribution < -0.4 is 5.32 Å². The first-order valence-electron chi connectivity index (χ1n) is 5.85. The number of hydrogen-bond donors (Lipinski definition) is 1. The van der Waals surface area contributed by atoms with E-state index < -0.39 is 6.43 Å². The maximum atomic E-state index is 12.3. The topological polar surface area (TPSA) is 15.3 Å². The molecule has 0 radical (unpaired) electrons. The van der Waals surface area contributed by atoms with E-state index >= 15 is 0 Å². The van der Waals surface area contributed by atoms with Crippen LogP contribution >= 0.6 is 0 Å². The van der Waals surface area contributed by atoms with Crippen LogP contribution in [0.5, 0.6) is 0 Å². The molecule has 1 rings (SSSR count). The predicted octanol–water partition coefficient (Wildman–Crippen LogP) is 2.10. The summed E-state index contributed by atoms with van der Waals surface area (Å²) in [4.78, 5) is 1.93. The molecule has 1 N–H and O–H groups in total. The molecular formula is C11H22F2N2. The highest BCUT2D eigenvalue weighted by atomic mass is 19.3. The number of nitrogens with one attached hydrogen (secondary N) is 1. The molecule has 1 atom stereocenters. The maximum absolute atomic E-state index is 12.3. The summed E-state index contributed by atoms with van der Waals surface area (Å²) < 4.78 is 24.7. The highest BCUT2D eigenvalue weighted by Gasteiger charge is 2.24. The van der Waals surface area contributed by atoms with Gasteiger partial charge in [-0.15, -0.1) is 0 Å². The lowest BCUT2D eigenvalue weighted by atomic mass is 10.0. The van der Waals surface area contributed by atoms with E-state index in [4.69, 9.17) is 0 Å². The van der Waals surface area contributed by atoms with Crippen LogP contribution in [-0.4, -0.2) is 43.0 Å². The molecule has 15 heavy (non-hydrogen) atoms. The number of nitrogens with zero attached hydrogens (tertiary/aromatic N) is 1. The van der Waals surface area contributed by atoms with Crippen LogP contribution in [0, 0.1) is 0 Å². The first-order chi connectivity index (χ1) is 7.09. The second kappa shape index (κ2) is 6.38. The van der Waals surface area contributed by atoms with Gasteiger partial charge >= 0.3 is 0 Å². The molecule has 1 heterocycles. The van der Waals surface area contributed by atoms with Crippen LogP contribution in [0.4, 0.5) is 8.78 Å². The Kier molecular flexibility index (Phi) is 5.47. The monoisotopic (exact) mass is 220 g/mol. The van der Waals surface area contributed by atoms with Gasteiger partial charge in [0, 0.05) is 18.6 Å². The highest BCUT2D eigenvalue weighted by molar-refractivity contribution is 4.79. The summed E-state index contributed by atoms with van der Waals surface area (Å²) in [6.45, 7) is 5.77. The van der Waals surface area contributed by atoms with Gasteiger partial charge in [-0.05, 0) is 19.4 Å². The van der Waals surface area contributed by atoms with Crippen molar-refractivity contribution in [2.24, 2.45) is 0 Å². The van der Waals surface area contributed by atoms with Crippen molar-refractivity contribution >= 4 is 0 Å². The zero-order valence-corrected chi connectivity index (χ0v) is 9.68. The lowest BCUT2D eigenvalue weighted by Gasteiger charge is -2.36. The van der Waals surface area contributed by atoms with Crippen LogP contribution in [0.25, 0.3) is 0 Å². The third kappa shape index (κ3) is 4.89. The van der Waals surface area contributed by atoms with Crippen LogP contribution in [-0.2, 0) is 0 Å². The fourth-order valence-corrected chi connectivity index (χ4v) is 2.08. The van der Waals surface area contributed by atoms with Crippen LogP contribution in [0.2, 0.25) is 0 Å². The molecule has 0 aromatic heterocycles. The van der Waals surface area contributed by atoms with E-state index in [0.29, 0.717) is 12.1 Å². The van der Waals surface area contributed by atoms with Gasteiger partial charge in [0.25, 0.3) is 6.43 Å². The van der Waals surface area contributed by atoms with E-state index in [-0.39, 0.29) is 6.54 Å². The van der Waals surface area contributed by atoms with Gasteiger partial charge in [-0.1, -0.05) is 20.3 Å². The third-order valence-corrected chi connectivity index (χ3v) is 2.88. The minimum atomic E-state index is -2.20. The van der Waals surface area contributed by atoms with Gasteiger partial charge in [0.15, 0.2) is 0 Å². The van der Waals surface area contributed by atoms with E-state index in [1.165, 1.54) is 6.42 Å². The second-order valence-corrected chi connectivity index (χ2v) is 4.60. The lowest BCUT2D eigenvalue weighted by molar-refractivity contribution is 0.0487. The number of halogens is 2. The van der Waals surface area contributed by atoms with Gasteiger partial charge < -0.3 is 5.32 Å². The minimum Gasteiger partial charge on any atom is -0.313 e. The molecule has 0 aliphatic carbocycles. The lowest BCUT2D eigenvalue weighted by Crippen LogP contribution is -2.48. The molecule has 0 amide bonds. The number of alkyl halides is 2. The van der Waals surface area contributed by atoms with Crippen LogP contribution in [0.1, 0.15) is 33.1 Å². The van der Waals surface area contributed by atoms with Crippen molar-refractivity contribution in [1.82, 2.24) is 10.2 Å². The zero-order chi connectivity index (χ0) is 11.3. The van der Waals surface area contributed by atoms with E-state index in [9.17, 15) is 8.78 Å². The van der Waals surface area contributed by atoms with Crippen molar-refractivity contribution in [2.45, 2.75) is 51.6 Å². The van der Waals surface area contributed by atoms with Crippen molar-refractivity contribution < 1.29 is 8.78 Å². The summed E-state index contributed by atoms with van der Waals surface area (Å²) in [6.07, 6.45) is 1.08. The van der Waals surface area contributed by atoms with Gasteiger partial charge in [-0.2, -0.15) is 0 Å². The first kappa shape index (κ1) is 12.8. The predicted molar refractivity (Wildman–Crippen MR) is 58.4 cm³/mol. The Morgan fingerprint density at radius 2 is 2.07 bits per heavy atom. The summed E-state index contributed by atoms with van der Waals surface area (Å²) in [5.41, 5.74) is 0. The molecular weight excluding hydrogens is 198 g/mol. The summed E-state index contributed by atoms with van der Waals surface area (Å²) in [5, 5.41) is 3.33. The molecule has 0 saturated carbocycles. The van der Waals surface area contributed by atoms with E-state index in [0.717, 1.165) is 25.9 Å². The number of likely N-dealkylation sites (tertiary alicyclic amines) is 1. The summed E-state index contributed by atoms with van der Waals surface area (Å²) >= 11 is 0. The Hall–Kier alpha value is -0.220. The summed E-state index contributed by atoms with van der Waals surface area (Å²) in [6, 6.07) is 0.732. The fourth-order valence-electron chi connectivity index (χ4n) is 2.08. The SMILES string of the molecule is CC(C)NCC1CCCCN1CC(F)F. The van der Waals surface area contributed by atoms with Crippen molar-refractivity contribution in [3.63, 3.8) is 0 Å². The molecule has 2 nitrogen and oxygen atoms in total. The Balaban J connectivity index is 2.35. The highest BCUT2D eigenvalue weighted by Crippen LogP contribution is 2.17. The van der Waals surface area contributed by atoms with Gasteiger partial charge in [0.2, 0.25) is 0 Å². The molecule has 1 unspecified atom stereocenters. The van der Waals surface area contributed by atoms with Crippen molar-refractivity contribution in [3.8, 4) is 0 Å². The molecule has 0 aromatic carbocycles. The number of hydrogen-bond acceptors (Lipinski definition) is 2. The fraction of sp³-hybridized carbons (Fsp3) is 1.00. The van der Waals surface area contributed by atoms with Gasteiger partial charge in [0.05, 0.1) is 6.54 Å². The zero-order valence-electron chi connectivity index (χ0n) is 9.68. The van der Waals surface area contributed by atoms with E-state index in [2.05, 4.69) is 19.2 Å². The molecule has 4 heteroatoms. The molecule has 1 saturated heterocycles. The third-order valence-electron chi connectivity index (χ3n) is 2.88. The average Bonchev–Trinajstić information content (AvgIpc) is 2.15. The Morgan fingerprint density at radius 3 is 2.67 bits per heavy atom. The Bertz CT molecular complexity index is 174. The van der Waals surface area contributed by atoms with Crippen molar-refractivity contribution in [3.05, 3.63) is 0 Å². The first-order valence-corrected chi connectivity index (χ1v) is 5.85. The molecule has 1 fully saturated rings. The largest absolute Gasteiger partial charge is 0.313 e. The summed E-state index contributed by atoms with van der Waals surface area (Å²) in [5.74, 6) is 0. The number of piperidine rings is 1. The van der Waals surface area contributed by atoms with Crippen molar-refractivity contribution in [2.75, 3.05) is 19.6 Å². The normalized spacial score (nSPS) is 24.0. The van der Waals surface area contributed by atoms with E-state index in [1.807, 2.05) is 4.90 Å². The van der Waals surface area contributed by atoms with Crippen LogP contribution in [0.15, 0.2) is 0 Å². The maximum Gasteiger partial charge on any atom is 0.251 e. The van der Waals surface area contributed by atoms with Gasteiger partial charge in [0.1, 0.15) is 0 Å². The van der Waals surface area contributed by atoms with E-state index in [1.54, 1.807) is 0 Å². The molecule has 0 aromatic rings. The quantitative estimate of drug-likeness (QED) is 0.763. The molecule has 0 bridgehead atoms. The number of rotatable bonds is 5. The minimum absolute atomic E-state index is 0.0650. The molecule has 0 spiro atoms. The Labute approximate surface area is 91.0 Å².